The molecular formula is C14H20N2O2. The Hall–Kier alpha value is -1.55. The molecule has 1 aromatic carbocycles. The maximum Gasteiger partial charge on any atom is 0.251 e. The lowest BCUT2D eigenvalue weighted by Gasteiger charge is -2.25. The predicted octanol–water partition coefficient (Wildman–Crippen LogP) is 1.95. The van der Waals surface area contributed by atoms with E-state index in [0.717, 1.165) is 37.3 Å². The first-order valence-electron chi connectivity index (χ1n) is 6.37. The fourth-order valence-electron chi connectivity index (χ4n) is 2.12. The first-order chi connectivity index (χ1) is 8.70. The van der Waals surface area contributed by atoms with Crippen LogP contribution in [0.1, 0.15) is 28.8 Å². The minimum atomic E-state index is -0.0509. The Morgan fingerprint density at radius 3 is 2.72 bits per heavy atom. The molecule has 0 aliphatic carbocycles. The van der Waals surface area contributed by atoms with Crippen LogP contribution in [0.15, 0.2) is 18.2 Å². The van der Waals surface area contributed by atoms with Gasteiger partial charge in [0.1, 0.15) is 0 Å². The Morgan fingerprint density at radius 1 is 1.33 bits per heavy atom. The standard InChI is InChI=1S/C14H20N2O2/c1-10-3-4-11(14(17)15-2)9-13(10)16-12-5-7-18-8-6-12/h3-4,9,12,16H,5-8H2,1-2H3,(H,15,17). The van der Waals surface area contributed by atoms with Gasteiger partial charge < -0.3 is 15.4 Å². The largest absolute Gasteiger partial charge is 0.382 e. The van der Waals surface area contributed by atoms with Gasteiger partial charge in [0.15, 0.2) is 0 Å². The molecule has 0 atom stereocenters. The number of carbonyl (C=O) groups is 1. The minimum absolute atomic E-state index is 0.0509. The highest BCUT2D eigenvalue weighted by Gasteiger charge is 2.15. The van der Waals surface area contributed by atoms with E-state index < -0.39 is 0 Å². The van der Waals surface area contributed by atoms with E-state index in [-0.39, 0.29) is 5.91 Å². The zero-order valence-electron chi connectivity index (χ0n) is 11.0. The average Bonchev–Trinajstić information content (AvgIpc) is 2.41. The van der Waals surface area contributed by atoms with Crippen LogP contribution in [0, 0.1) is 6.92 Å². The number of anilines is 1. The van der Waals surface area contributed by atoms with Gasteiger partial charge in [-0.15, -0.1) is 0 Å². The van der Waals surface area contributed by atoms with Gasteiger partial charge >= 0.3 is 0 Å². The fourth-order valence-corrected chi connectivity index (χ4v) is 2.12. The van der Waals surface area contributed by atoms with Gasteiger partial charge in [0.2, 0.25) is 0 Å². The molecule has 1 aliphatic rings. The lowest BCUT2D eigenvalue weighted by molar-refractivity contribution is 0.0904. The Balaban J connectivity index is 2.12. The summed E-state index contributed by atoms with van der Waals surface area (Å²) in [6, 6.07) is 6.19. The van der Waals surface area contributed by atoms with Crippen molar-refractivity contribution in [1.29, 1.82) is 0 Å². The van der Waals surface area contributed by atoms with Crippen LogP contribution in [0.25, 0.3) is 0 Å². The van der Waals surface area contributed by atoms with Gasteiger partial charge in [-0.3, -0.25) is 4.79 Å². The van der Waals surface area contributed by atoms with Crippen molar-refractivity contribution in [3.05, 3.63) is 29.3 Å². The lowest BCUT2D eigenvalue weighted by atomic mass is 10.1. The van der Waals surface area contributed by atoms with E-state index in [1.807, 2.05) is 18.2 Å². The number of carbonyl (C=O) groups excluding carboxylic acids is 1. The minimum Gasteiger partial charge on any atom is -0.382 e. The summed E-state index contributed by atoms with van der Waals surface area (Å²) in [7, 11) is 1.65. The summed E-state index contributed by atoms with van der Waals surface area (Å²) in [4.78, 5) is 11.6. The molecule has 0 bridgehead atoms. The molecule has 18 heavy (non-hydrogen) atoms. The van der Waals surface area contributed by atoms with E-state index in [1.54, 1.807) is 7.05 Å². The van der Waals surface area contributed by atoms with Crippen molar-refractivity contribution in [2.45, 2.75) is 25.8 Å². The molecule has 0 unspecified atom stereocenters. The van der Waals surface area contributed by atoms with Gasteiger partial charge in [-0.05, 0) is 37.5 Å². The molecule has 1 aromatic rings. The topological polar surface area (TPSA) is 50.4 Å². The average molecular weight is 248 g/mol. The Bertz CT molecular complexity index is 426. The van der Waals surface area contributed by atoms with Crippen molar-refractivity contribution in [2.75, 3.05) is 25.6 Å². The normalized spacial score (nSPS) is 16.3. The molecule has 0 aromatic heterocycles. The predicted molar refractivity (Wildman–Crippen MR) is 72.0 cm³/mol. The Morgan fingerprint density at radius 2 is 2.06 bits per heavy atom. The van der Waals surface area contributed by atoms with E-state index in [9.17, 15) is 4.79 Å². The number of ether oxygens (including phenoxy) is 1. The van der Waals surface area contributed by atoms with Gasteiger partial charge in [0.05, 0.1) is 0 Å². The summed E-state index contributed by atoms with van der Waals surface area (Å²) >= 11 is 0. The number of benzene rings is 1. The second-order valence-electron chi connectivity index (χ2n) is 4.64. The van der Waals surface area contributed by atoms with E-state index in [4.69, 9.17) is 4.74 Å². The van der Waals surface area contributed by atoms with Crippen LogP contribution in [-0.2, 0) is 4.74 Å². The third kappa shape index (κ3) is 3.01. The first-order valence-corrected chi connectivity index (χ1v) is 6.37. The van der Waals surface area contributed by atoms with Crippen LogP contribution in [-0.4, -0.2) is 32.2 Å². The Kier molecular flexibility index (Phi) is 4.20. The van der Waals surface area contributed by atoms with Crippen LogP contribution in [0.4, 0.5) is 5.69 Å². The van der Waals surface area contributed by atoms with Gasteiger partial charge in [-0.2, -0.15) is 0 Å². The lowest BCUT2D eigenvalue weighted by Crippen LogP contribution is -2.28. The van der Waals surface area contributed by atoms with Gasteiger partial charge in [0, 0.05) is 37.6 Å². The molecule has 0 radical (unpaired) electrons. The zero-order chi connectivity index (χ0) is 13.0. The summed E-state index contributed by atoms with van der Waals surface area (Å²) in [5.74, 6) is -0.0509. The summed E-state index contributed by atoms with van der Waals surface area (Å²) in [5.41, 5.74) is 2.90. The molecule has 0 saturated carbocycles. The molecule has 1 fully saturated rings. The first kappa shape index (κ1) is 12.9. The molecule has 4 heteroatoms. The van der Waals surface area contributed by atoms with Gasteiger partial charge in [0.25, 0.3) is 5.91 Å². The van der Waals surface area contributed by atoms with Crippen LogP contribution in [0.2, 0.25) is 0 Å². The number of hydrogen-bond donors (Lipinski definition) is 2. The summed E-state index contributed by atoms with van der Waals surface area (Å²) in [6.45, 7) is 3.67. The molecule has 98 valence electrons. The molecule has 2 N–H and O–H groups in total. The van der Waals surface area contributed by atoms with Crippen molar-refractivity contribution in [3.8, 4) is 0 Å². The third-order valence-corrected chi connectivity index (χ3v) is 3.31. The van der Waals surface area contributed by atoms with E-state index in [2.05, 4.69) is 17.6 Å². The Labute approximate surface area is 108 Å². The second-order valence-corrected chi connectivity index (χ2v) is 4.64. The van der Waals surface area contributed by atoms with Crippen LogP contribution in [0.5, 0.6) is 0 Å². The van der Waals surface area contributed by atoms with Crippen molar-refractivity contribution >= 4 is 11.6 Å². The highest BCUT2D eigenvalue weighted by atomic mass is 16.5. The SMILES string of the molecule is CNC(=O)c1ccc(C)c(NC2CCOCC2)c1. The number of nitrogens with one attached hydrogen (secondary N) is 2. The highest BCUT2D eigenvalue weighted by Crippen LogP contribution is 2.20. The molecule has 1 amide bonds. The van der Waals surface area contributed by atoms with E-state index in [0.29, 0.717) is 11.6 Å². The van der Waals surface area contributed by atoms with E-state index in [1.165, 1.54) is 0 Å². The van der Waals surface area contributed by atoms with Crippen molar-refractivity contribution in [2.24, 2.45) is 0 Å². The smallest absolute Gasteiger partial charge is 0.251 e. The summed E-state index contributed by atoms with van der Waals surface area (Å²) in [5, 5.41) is 6.15. The molecule has 4 nitrogen and oxygen atoms in total. The zero-order valence-corrected chi connectivity index (χ0v) is 11.0. The summed E-state index contributed by atoms with van der Waals surface area (Å²) in [6.07, 6.45) is 2.04. The van der Waals surface area contributed by atoms with Crippen LogP contribution >= 0.6 is 0 Å². The van der Waals surface area contributed by atoms with Crippen LogP contribution in [0.3, 0.4) is 0 Å². The number of aryl methyl sites for hydroxylation is 1. The molecule has 1 aliphatic heterocycles. The van der Waals surface area contributed by atoms with Crippen LogP contribution < -0.4 is 10.6 Å². The quantitative estimate of drug-likeness (QED) is 0.859. The highest BCUT2D eigenvalue weighted by molar-refractivity contribution is 5.95. The number of rotatable bonds is 3. The number of amides is 1. The van der Waals surface area contributed by atoms with Crippen molar-refractivity contribution in [3.63, 3.8) is 0 Å². The van der Waals surface area contributed by atoms with Crippen molar-refractivity contribution in [1.82, 2.24) is 5.32 Å². The third-order valence-electron chi connectivity index (χ3n) is 3.31. The monoisotopic (exact) mass is 248 g/mol. The maximum atomic E-state index is 11.6. The van der Waals surface area contributed by atoms with Crippen molar-refractivity contribution < 1.29 is 9.53 Å². The molecule has 2 rings (SSSR count). The van der Waals surface area contributed by atoms with Gasteiger partial charge in [-0.1, -0.05) is 6.07 Å². The maximum absolute atomic E-state index is 11.6. The summed E-state index contributed by atoms with van der Waals surface area (Å²) < 4.78 is 5.34. The van der Waals surface area contributed by atoms with Gasteiger partial charge in [-0.25, -0.2) is 0 Å². The fraction of sp³-hybridized carbons (Fsp3) is 0.500. The van der Waals surface area contributed by atoms with E-state index >= 15 is 0 Å². The molecule has 1 saturated heterocycles. The number of hydrogen-bond acceptors (Lipinski definition) is 3. The molecule has 0 spiro atoms. The molecule has 1 heterocycles. The second kappa shape index (κ2) is 5.87. The molecular weight excluding hydrogens is 228 g/mol.